The molecular formula is C14H22N2OS. The summed E-state index contributed by atoms with van der Waals surface area (Å²) in [7, 11) is 0. The molecule has 0 aliphatic carbocycles. The Hall–Kier alpha value is -1.16. The second-order valence-electron chi connectivity index (χ2n) is 4.41. The van der Waals surface area contributed by atoms with Gasteiger partial charge in [-0.15, -0.1) is 0 Å². The van der Waals surface area contributed by atoms with Crippen LogP contribution in [0, 0.1) is 0 Å². The molecule has 0 bridgehead atoms. The fourth-order valence-corrected chi connectivity index (χ4v) is 2.24. The molecule has 0 aromatic heterocycles. The van der Waals surface area contributed by atoms with Crippen LogP contribution in [0.25, 0.3) is 0 Å². The SMILES string of the molecule is CCN(c1ccc(NC(=O)CSC)cc1)C(C)C. The minimum Gasteiger partial charge on any atom is -0.369 e. The van der Waals surface area contributed by atoms with Crippen LogP contribution in [-0.2, 0) is 4.79 Å². The normalized spacial score (nSPS) is 10.5. The fourth-order valence-electron chi connectivity index (χ4n) is 1.91. The van der Waals surface area contributed by atoms with Gasteiger partial charge < -0.3 is 10.2 Å². The van der Waals surface area contributed by atoms with E-state index in [0.29, 0.717) is 11.8 Å². The molecule has 0 heterocycles. The molecule has 0 aliphatic rings. The van der Waals surface area contributed by atoms with Gasteiger partial charge in [0.05, 0.1) is 5.75 Å². The summed E-state index contributed by atoms with van der Waals surface area (Å²) in [6, 6.07) is 8.50. The van der Waals surface area contributed by atoms with E-state index >= 15 is 0 Å². The van der Waals surface area contributed by atoms with E-state index in [2.05, 4.69) is 43.1 Å². The third kappa shape index (κ3) is 4.26. The van der Waals surface area contributed by atoms with Gasteiger partial charge in [0, 0.05) is 24.0 Å². The molecule has 0 radical (unpaired) electrons. The number of nitrogens with zero attached hydrogens (tertiary/aromatic N) is 1. The van der Waals surface area contributed by atoms with E-state index in [9.17, 15) is 4.79 Å². The van der Waals surface area contributed by atoms with Crippen molar-refractivity contribution in [2.24, 2.45) is 0 Å². The summed E-state index contributed by atoms with van der Waals surface area (Å²) in [6.45, 7) is 7.49. The fraction of sp³-hybridized carbons (Fsp3) is 0.500. The van der Waals surface area contributed by atoms with Gasteiger partial charge in [-0.05, 0) is 51.3 Å². The number of carbonyl (C=O) groups excluding carboxylic acids is 1. The second kappa shape index (κ2) is 7.31. The van der Waals surface area contributed by atoms with Gasteiger partial charge in [0.25, 0.3) is 0 Å². The van der Waals surface area contributed by atoms with Crippen LogP contribution in [0.5, 0.6) is 0 Å². The van der Waals surface area contributed by atoms with Crippen LogP contribution < -0.4 is 10.2 Å². The van der Waals surface area contributed by atoms with E-state index in [1.807, 2.05) is 18.4 Å². The standard InChI is InChI=1S/C14H22N2OS/c1-5-16(11(2)3)13-8-6-12(7-9-13)15-14(17)10-18-4/h6-9,11H,5,10H2,1-4H3,(H,15,17). The first-order valence-electron chi connectivity index (χ1n) is 6.24. The molecule has 1 aromatic carbocycles. The number of anilines is 2. The van der Waals surface area contributed by atoms with Crippen molar-refractivity contribution in [2.75, 3.05) is 28.8 Å². The van der Waals surface area contributed by atoms with Gasteiger partial charge in [-0.1, -0.05) is 0 Å². The van der Waals surface area contributed by atoms with Gasteiger partial charge in [0.15, 0.2) is 0 Å². The van der Waals surface area contributed by atoms with Crippen molar-refractivity contribution in [1.82, 2.24) is 0 Å². The van der Waals surface area contributed by atoms with Gasteiger partial charge >= 0.3 is 0 Å². The first kappa shape index (κ1) is 14.9. The first-order chi connectivity index (χ1) is 8.58. The molecule has 0 saturated carbocycles. The van der Waals surface area contributed by atoms with E-state index in [-0.39, 0.29) is 5.91 Å². The van der Waals surface area contributed by atoms with Gasteiger partial charge in [0.1, 0.15) is 0 Å². The number of hydrogen-bond acceptors (Lipinski definition) is 3. The lowest BCUT2D eigenvalue weighted by Crippen LogP contribution is -2.30. The van der Waals surface area contributed by atoms with E-state index < -0.39 is 0 Å². The van der Waals surface area contributed by atoms with Crippen molar-refractivity contribution in [3.05, 3.63) is 24.3 Å². The molecule has 18 heavy (non-hydrogen) atoms. The van der Waals surface area contributed by atoms with Crippen molar-refractivity contribution < 1.29 is 4.79 Å². The quantitative estimate of drug-likeness (QED) is 0.858. The molecular weight excluding hydrogens is 244 g/mol. The summed E-state index contributed by atoms with van der Waals surface area (Å²) in [4.78, 5) is 13.8. The Morgan fingerprint density at radius 1 is 1.33 bits per heavy atom. The molecule has 1 rings (SSSR count). The zero-order valence-electron chi connectivity index (χ0n) is 11.6. The number of hydrogen-bond donors (Lipinski definition) is 1. The van der Waals surface area contributed by atoms with Crippen LogP contribution in [0.2, 0.25) is 0 Å². The highest BCUT2D eigenvalue weighted by molar-refractivity contribution is 7.99. The number of thioether (sulfide) groups is 1. The molecule has 100 valence electrons. The average molecular weight is 266 g/mol. The lowest BCUT2D eigenvalue weighted by molar-refractivity contribution is -0.113. The largest absolute Gasteiger partial charge is 0.369 e. The lowest BCUT2D eigenvalue weighted by Gasteiger charge is -2.27. The summed E-state index contributed by atoms with van der Waals surface area (Å²) in [5.41, 5.74) is 2.05. The molecule has 4 heteroatoms. The van der Waals surface area contributed by atoms with E-state index in [4.69, 9.17) is 0 Å². The van der Waals surface area contributed by atoms with Crippen molar-refractivity contribution in [2.45, 2.75) is 26.8 Å². The predicted octanol–water partition coefficient (Wildman–Crippen LogP) is 3.22. The summed E-state index contributed by atoms with van der Waals surface area (Å²) < 4.78 is 0. The zero-order chi connectivity index (χ0) is 13.5. The van der Waals surface area contributed by atoms with Crippen LogP contribution >= 0.6 is 11.8 Å². The van der Waals surface area contributed by atoms with Gasteiger partial charge in [-0.3, -0.25) is 4.79 Å². The Labute approximate surface area is 114 Å². The van der Waals surface area contributed by atoms with Crippen LogP contribution in [0.4, 0.5) is 11.4 Å². The third-order valence-corrected chi connectivity index (χ3v) is 3.27. The highest BCUT2D eigenvalue weighted by atomic mass is 32.2. The number of amides is 1. The number of carbonyl (C=O) groups is 1. The second-order valence-corrected chi connectivity index (χ2v) is 5.27. The Morgan fingerprint density at radius 3 is 2.39 bits per heavy atom. The molecule has 1 aromatic rings. The first-order valence-corrected chi connectivity index (χ1v) is 7.63. The molecule has 1 N–H and O–H groups in total. The molecule has 0 spiro atoms. The maximum atomic E-state index is 11.5. The molecule has 0 atom stereocenters. The third-order valence-electron chi connectivity index (χ3n) is 2.72. The summed E-state index contributed by atoms with van der Waals surface area (Å²) >= 11 is 1.52. The van der Waals surface area contributed by atoms with E-state index in [0.717, 1.165) is 12.2 Å². The molecule has 1 amide bonds. The molecule has 0 aliphatic heterocycles. The smallest absolute Gasteiger partial charge is 0.234 e. The maximum Gasteiger partial charge on any atom is 0.234 e. The van der Waals surface area contributed by atoms with Crippen molar-refractivity contribution >= 4 is 29.0 Å². The van der Waals surface area contributed by atoms with Crippen molar-refractivity contribution in [3.8, 4) is 0 Å². The van der Waals surface area contributed by atoms with E-state index in [1.54, 1.807) is 0 Å². The van der Waals surface area contributed by atoms with Gasteiger partial charge in [-0.2, -0.15) is 11.8 Å². The van der Waals surface area contributed by atoms with Crippen LogP contribution in [0.1, 0.15) is 20.8 Å². The summed E-state index contributed by atoms with van der Waals surface area (Å²) in [6.07, 6.45) is 1.92. The molecule has 0 unspecified atom stereocenters. The molecule has 3 nitrogen and oxygen atoms in total. The lowest BCUT2D eigenvalue weighted by atomic mass is 10.2. The van der Waals surface area contributed by atoms with Crippen LogP contribution in [-0.4, -0.2) is 30.5 Å². The topological polar surface area (TPSA) is 32.3 Å². The Morgan fingerprint density at radius 2 is 1.94 bits per heavy atom. The van der Waals surface area contributed by atoms with Crippen LogP contribution in [0.15, 0.2) is 24.3 Å². The Bertz CT molecular complexity index is 376. The Kier molecular flexibility index (Phi) is 6.05. The monoisotopic (exact) mass is 266 g/mol. The highest BCUT2D eigenvalue weighted by Gasteiger charge is 2.08. The van der Waals surface area contributed by atoms with Crippen molar-refractivity contribution in [3.63, 3.8) is 0 Å². The van der Waals surface area contributed by atoms with Crippen molar-refractivity contribution in [1.29, 1.82) is 0 Å². The predicted molar refractivity (Wildman–Crippen MR) is 81.6 cm³/mol. The van der Waals surface area contributed by atoms with Crippen LogP contribution in [0.3, 0.4) is 0 Å². The minimum atomic E-state index is 0.0476. The minimum absolute atomic E-state index is 0.0476. The average Bonchev–Trinajstić information content (AvgIpc) is 2.32. The maximum absolute atomic E-state index is 11.5. The van der Waals surface area contributed by atoms with Gasteiger partial charge in [-0.25, -0.2) is 0 Å². The number of nitrogens with one attached hydrogen (secondary N) is 1. The highest BCUT2D eigenvalue weighted by Crippen LogP contribution is 2.19. The molecule has 0 fully saturated rings. The summed E-state index contributed by atoms with van der Waals surface area (Å²) in [5.74, 6) is 0.543. The molecule has 0 saturated heterocycles. The summed E-state index contributed by atoms with van der Waals surface area (Å²) in [5, 5.41) is 2.88. The van der Waals surface area contributed by atoms with E-state index in [1.165, 1.54) is 17.4 Å². The number of benzene rings is 1. The Balaban J connectivity index is 2.70. The zero-order valence-corrected chi connectivity index (χ0v) is 12.4. The van der Waals surface area contributed by atoms with Gasteiger partial charge in [0.2, 0.25) is 5.91 Å². The number of rotatable bonds is 6.